The Labute approximate surface area is 115 Å². The Bertz CT molecular complexity index is 578. The third kappa shape index (κ3) is 2.73. The van der Waals surface area contributed by atoms with E-state index in [2.05, 4.69) is 15.0 Å². The van der Waals surface area contributed by atoms with Crippen LogP contribution in [0.4, 0.5) is 5.69 Å². The highest BCUT2D eigenvalue weighted by molar-refractivity contribution is 7.99. The van der Waals surface area contributed by atoms with Gasteiger partial charge in [-0.25, -0.2) is 15.0 Å². The van der Waals surface area contributed by atoms with Crippen LogP contribution in [0.5, 0.6) is 0 Å². The van der Waals surface area contributed by atoms with Gasteiger partial charge in [-0.05, 0) is 44.2 Å². The van der Waals surface area contributed by atoms with Gasteiger partial charge < -0.3 is 5.73 Å². The van der Waals surface area contributed by atoms with Crippen molar-refractivity contribution in [3.63, 3.8) is 0 Å². The first-order chi connectivity index (χ1) is 8.47. The second-order valence-electron chi connectivity index (χ2n) is 3.95. The predicted octanol–water partition coefficient (Wildman–Crippen LogP) is 3.18. The number of aromatic nitrogens is 3. The number of anilines is 1. The number of rotatable bonds is 2. The molecule has 0 aliphatic carbocycles. The maximum absolute atomic E-state index is 5.85. The third-order valence-electron chi connectivity index (χ3n) is 2.65. The number of hydrogen-bond acceptors (Lipinski definition) is 5. The van der Waals surface area contributed by atoms with Crippen LogP contribution >= 0.6 is 23.4 Å². The van der Waals surface area contributed by atoms with Crippen molar-refractivity contribution in [2.75, 3.05) is 5.73 Å². The summed E-state index contributed by atoms with van der Waals surface area (Å²) in [5, 5.41) is 1.84. The summed E-state index contributed by atoms with van der Waals surface area (Å²) in [6, 6.07) is 1.67. The molecule has 0 atom stereocenters. The van der Waals surface area contributed by atoms with E-state index in [9.17, 15) is 0 Å². The molecule has 0 bridgehead atoms. The molecule has 18 heavy (non-hydrogen) atoms. The second kappa shape index (κ2) is 5.12. The van der Waals surface area contributed by atoms with Crippen LogP contribution in [0.25, 0.3) is 0 Å². The van der Waals surface area contributed by atoms with Crippen LogP contribution in [0, 0.1) is 20.8 Å². The zero-order valence-corrected chi connectivity index (χ0v) is 11.9. The minimum absolute atomic E-state index is 0.522. The van der Waals surface area contributed by atoms with Crippen molar-refractivity contribution in [3.05, 3.63) is 34.2 Å². The molecular weight excluding hydrogens is 268 g/mol. The van der Waals surface area contributed by atoms with Crippen molar-refractivity contribution in [3.8, 4) is 0 Å². The first kappa shape index (κ1) is 13.1. The Morgan fingerprint density at radius 2 is 1.78 bits per heavy atom. The van der Waals surface area contributed by atoms with Crippen molar-refractivity contribution in [2.45, 2.75) is 31.0 Å². The smallest absolute Gasteiger partial charge is 0.194 e. The Hall–Kier alpha value is -1.33. The number of nitrogen functional groups attached to an aromatic ring is 1. The van der Waals surface area contributed by atoms with Crippen molar-refractivity contribution < 1.29 is 0 Å². The predicted molar refractivity (Wildman–Crippen MR) is 74.0 cm³/mol. The van der Waals surface area contributed by atoms with Gasteiger partial charge in [0.1, 0.15) is 5.03 Å². The van der Waals surface area contributed by atoms with E-state index in [-0.39, 0.29) is 0 Å². The van der Waals surface area contributed by atoms with Crippen molar-refractivity contribution >= 4 is 29.1 Å². The average Bonchev–Trinajstić information content (AvgIpc) is 2.29. The van der Waals surface area contributed by atoms with Crippen LogP contribution in [0.15, 0.2) is 22.4 Å². The van der Waals surface area contributed by atoms with Gasteiger partial charge >= 0.3 is 0 Å². The van der Waals surface area contributed by atoms with E-state index < -0.39 is 0 Å². The van der Waals surface area contributed by atoms with Crippen LogP contribution in [0.2, 0.25) is 5.02 Å². The molecule has 0 saturated heterocycles. The number of hydrogen-bond donors (Lipinski definition) is 1. The molecule has 0 saturated carbocycles. The average molecular weight is 281 g/mol. The van der Waals surface area contributed by atoms with E-state index in [1.165, 1.54) is 11.8 Å². The van der Waals surface area contributed by atoms with E-state index in [0.717, 1.165) is 17.0 Å². The van der Waals surface area contributed by atoms with E-state index in [1.807, 2.05) is 20.8 Å². The molecular formula is C12H13ClN4S. The molecule has 0 aliphatic heterocycles. The van der Waals surface area contributed by atoms with Crippen LogP contribution in [-0.4, -0.2) is 15.0 Å². The van der Waals surface area contributed by atoms with Crippen LogP contribution in [0.1, 0.15) is 17.0 Å². The number of pyridine rings is 1. The number of nitrogens with two attached hydrogens (primary N) is 1. The van der Waals surface area contributed by atoms with Crippen molar-refractivity contribution in [1.82, 2.24) is 15.0 Å². The van der Waals surface area contributed by atoms with Crippen molar-refractivity contribution in [1.29, 1.82) is 0 Å². The molecule has 0 radical (unpaired) electrons. The minimum Gasteiger partial charge on any atom is -0.396 e. The molecule has 2 rings (SSSR count). The zero-order chi connectivity index (χ0) is 13.3. The topological polar surface area (TPSA) is 64.7 Å². The third-order valence-corrected chi connectivity index (χ3v) is 3.75. The lowest BCUT2D eigenvalue weighted by atomic mass is 10.2. The SMILES string of the molecule is Cc1nc(Sc2ncc(Cl)cc2N)nc(C)c1C. The first-order valence-corrected chi connectivity index (χ1v) is 6.57. The summed E-state index contributed by atoms with van der Waals surface area (Å²) in [5.41, 5.74) is 9.43. The fourth-order valence-corrected chi connectivity index (χ4v) is 2.39. The summed E-state index contributed by atoms with van der Waals surface area (Å²) < 4.78 is 0. The summed E-state index contributed by atoms with van der Waals surface area (Å²) in [6.45, 7) is 5.94. The molecule has 2 aromatic heterocycles. The minimum atomic E-state index is 0.522. The lowest BCUT2D eigenvalue weighted by molar-refractivity contribution is 0.878. The second-order valence-corrected chi connectivity index (χ2v) is 5.34. The van der Waals surface area contributed by atoms with Gasteiger partial charge in [0.25, 0.3) is 0 Å². The highest BCUT2D eigenvalue weighted by Gasteiger charge is 2.09. The molecule has 0 spiro atoms. The van der Waals surface area contributed by atoms with E-state index in [4.69, 9.17) is 17.3 Å². The van der Waals surface area contributed by atoms with Gasteiger partial charge in [-0.2, -0.15) is 0 Å². The van der Waals surface area contributed by atoms with Crippen LogP contribution < -0.4 is 5.73 Å². The maximum atomic E-state index is 5.85. The normalized spacial score (nSPS) is 10.7. The molecule has 4 nitrogen and oxygen atoms in total. The van der Waals surface area contributed by atoms with Gasteiger partial charge in [-0.3, -0.25) is 0 Å². The molecule has 2 aromatic rings. The Balaban J connectivity index is 2.34. The van der Waals surface area contributed by atoms with E-state index in [0.29, 0.717) is 20.9 Å². The fraction of sp³-hybridized carbons (Fsp3) is 0.250. The summed E-state index contributed by atoms with van der Waals surface area (Å²) in [7, 11) is 0. The summed E-state index contributed by atoms with van der Waals surface area (Å²) in [6.07, 6.45) is 1.56. The first-order valence-electron chi connectivity index (χ1n) is 5.38. The summed E-state index contributed by atoms with van der Waals surface area (Å²) in [5.74, 6) is 0. The van der Waals surface area contributed by atoms with Gasteiger partial charge in [0.15, 0.2) is 5.16 Å². The lowest BCUT2D eigenvalue weighted by Crippen LogP contribution is -1.99. The molecule has 0 unspecified atom stereocenters. The molecule has 94 valence electrons. The van der Waals surface area contributed by atoms with Gasteiger partial charge in [-0.1, -0.05) is 11.6 Å². The largest absolute Gasteiger partial charge is 0.396 e. The number of aryl methyl sites for hydroxylation is 2. The van der Waals surface area contributed by atoms with Crippen molar-refractivity contribution in [2.24, 2.45) is 0 Å². The highest BCUT2D eigenvalue weighted by Crippen LogP contribution is 2.29. The molecule has 0 aliphatic rings. The highest BCUT2D eigenvalue weighted by atomic mass is 35.5. The van der Waals surface area contributed by atoms with E-state index >= 15 is 0 Å². The molecule has 0 fully saturated rings. The molecule has 2 N–H and O–H groups in total. The molecule has 2 heterocycles. The zero-order valence-electron chi connectivity index (χ0n) is 10.4. The van der Waals surface area contributed by atoms with Gasteiger partial charge in [-0.15, -0.1) is 0 Å². The number of halogens is 1. The molecule has 0 aromatic carbocycles. The lowest BCUT2D eigenvalue weighted by Gasteiger charge is -2.07. The molecule has 0 amide bonds. The Kier molecular flexibility index (Phi) is 3.73. The van der Waals surface area contributed by atoms with Gasteiger partial charge in [0, 0.05) is 17.6 Å². The fourth-order valence-electron chi connectivity index (χ4n) is 1.40. The van der Waals surface area contributed by atoms with Gasteiger partial charge in [0.2, 0.25) is 0 Å². The summed E-state index contributed by atoms with van der Waals surface area (Å²) in [4.78, 5) is 13.0. The summed E-state index contributed by atoms with van der Waals surface area (Å²) >= 11 is 7.15. The standard InChI is InChI=1S/C12H13ClN4S/c1-6-7(2)16-12(17-8(6)3)18-11-10(14)4-9(13)5-15-11/h4-5H,14H2,1-3H3. The molecule has 6 heteroatoms. The maximum Gasteiger partial charge on any atom is 0.194 e. The van der Waals surface area contributed by atoms with Crippen LogP contribution in [-0.2, 0) is 0 Å². The van der Waals surface area contributed by atoms with Gasteiger partial charge in [0.05, 0.1) is 10.7 Å². The monoisotopic (exact) mass is 280 g/mol. The Morgan fingerprint density at radius 1 is 1.17 bits per heavy atom. The quantitative estimate of drug-likeness (QED) is 0.856. The number of nitrogens with zero attached hydrogens (tertiary/aromatic N) is 3. The Morgan fingerprint density at radius 3 is 2.33 bits per heavy atom. The van der Waals surface area contributed by atoms with E-state index in [1.54, 1.807) is 12.3 Å². The van der Waals surface area contributed by atoms with Crippen LogP contribution in [0.3, 0.4) is 0 Å².